The maximum absolute atomic E-state index is 11.4. The number of carbonyl (C=O) groups excluding carboxylic acids is 1. The molecule has 0 spiro atoms. The topological polar surface area (TPSA) is 86.5 Å². The molecule has 0 saturated heterocycles. The predicted octanol–water partition coefficient (Wildman–Crippen LogP) is 3.75. The van der Waals surface area contributed by atoms with E-state index in [1.54, 1.807) is 18.3 Å². The van der Waals surface area contributed by atoms with Crippen LogP contribution >= 0.6 is 0 Å². The first-order valence-electron chi connectivity index (χ1n) is 8.65. The van der Waals surface area contributed by atoms with Crippen molar-refractivity contribution in [3.05, 3.63) is 65.9 Å². The van der Waals surface area contributed by atoms with Crippen LogP contribution in [0.2, 0.25) is 0 Å². The molecule has 0 radical (unpaired) electrons. The standard InChI is InChI=1S/C21H19N3O3/c1-13-10-14(2-4-17(13)21(22)25)18-11-16(6-7-23-18)27-15-3-5-20-19(12-15)24-8-9-26-20/h2-7,10-12,24H,8-9H2,1H3,(H2,22,25). The molecule has 6 nitrogen and oxygen atoms in total. The summed E-state index contributed by atoms with van der Waals surface area (Å²) in [6, 6.07) is 14.8. The van der Waals surface area contributed by atoms with E-state index in [1.165, 1.54) is 0 Å². The van der Waals surface area contributed by atoms with E-state index < -0.39 is 5.91 Å². The third kappa shape index (κ3) is 3.55. The van der Waals surface area contributed by atoms with Gasteiger partial charge in [-0.15, -0.1) is 0 Å². The van der Waals surface area contributed by atoms with Gasteiger partial charge in [-0.25, -0.2) is 0 Å². The van der Waals surface area contributed by atoms with Gasteiger partial charge in [-0.1, -0.05) is 6.07 Å². The van der Waals surface area contributed by atoms with Gasteiger partial charge in [-0.05, 0) is 42.8 Å². The number of rotatable bonds is 4. The van der Waals surface area contributed by atoms with Gasteiger partial charge in [0.2, 0.25) is 5.91 Å². The number of amides is 1. The zero-order valence-electron chi connectivity index (χ0n) is 14.9. The molecule has 27 heavy (non-hydrogen) atoms. The van der Waals surface area contributed by atoms with Crippen molar-refractivity contribution in [2.75, 3.05) is 18.5 Å². The Hall–Kier alpha value is -3.54. The molecule has 1 aromatic heterocycles. The van der Waals surface area contributed by atoms with Crippen molar-refractivity contribution in [2.24, 2.45) is 5.73 Å². The number of fused-ring (bicyclic) bond motifs is 1. The zero-order valence-corrected chi connectivity index (χ0v) is 14.9. The highest BCUT2D eigenvalue weighted by atomic mass is 16.5. The number of hydrogen-bond donors (Lipinski definition) is 2. The molecule has 4 rings (SSSR count). The second-order valence-electron chi connectivity index (χ2n) is 6.31. The van der Waals surface area contributed by atoms with Gasteiger partial charge in [0.1, 0.15) is 23.9 Å². The highest BCUT2D eigenvalue weighted by Gasteiger charge is 2.12. The lowest BCUT2D eigenvalue weighted by Gasteiger charge is -2.19. The van der Waals surface area contributed by atoms with Crippen LogP contribution in [-0.2, 0) is 0 Å². The molecule has 0 saturated carbocycles. The third-order valence-electron chi connectivity index (χ3n) is 4.38. The molecule has 3 N–H and O–H groups in total. The average molecular weight is 361 g/mol. The number of nitrogens with zero attached hydrogens (tertiary/aromatic N) is 1. The number of nitrogens with two attached hydrogens (primary N) is 1. The van der Waals surface area contributed by atoms with E-state index >= 15 is 0 Å². The zero-order chi connectivity index (χ0) is 18.8. The van der Waals surface area contributed by atoms with Crippen LogP contribution in [0, 0.1) is 6.92 Å². The molecule has 1 aliphatic rings. The molecule has 0 aliphatic carbocycles. The quantitative estimate of drug-likeness (QED) is 0.739. The Morgan fingerprint density at radius 3 is 2.81 bits per heavy atom. The number of benzene rings is 2. The van der Waals surface area contributed by atoms with Crippen LogP contribution in [0.3, 0.4) is 0 Å². The van der Waals surface area contributed by atoms with E-state index in [4.69, 9.17) is 15.2 Å². The first-order valence-corrected chi connectivity index (χ1v) is 8.65. The number of carbonyl (C=O) groups is 1. The Kier molecular flexibility index (Phi) is 4.38. The minimum absolute atomic E-state index is 0.436. The van der Waals surface area contributed by atoms with Crippen molar-refractivity contribution < 1.29 is 14.3 Å². The molecule has 3 aromatic rings. The molecule has 6 heteroatoms. The van der Waals surface area contributed by atoms with Crippen molar-refractivity contribution in [3.63, 3.8) is 0 Å². The van der Waals surface area contributed by atoms with E-state index in [9.17, 15) is 4.79 Å². The molecule has 0 unspecified atom stereocenters. The minimum Gasteiger partial charge on any atom is -0.490 e. The summed E-state index contributed by atoms with van der Waals surface area (Å²) < 4.78 is 11.6. The fraction of sp³-hybridized carbons (Fsp3) is 0.143. The van der Waals surface area contributed by atoms with Gasteiger partial charge in [0.15, 0.2) is 0 Å². The number of hydrogen-bond acceptors (Lipinski definition) is 5. The summed E-state index contributed by atoms with van der Waals surface area (Å²) in [5.74, 6) is 1.78. The molecule has 1 aliphatic heterocycles. The highest BCUT2D eigenvalue weighted by Crippen LogP contribution is 2.34. The molecule has 2 heterocycles. The first-order chi connectivity index (χ1) is 13.1. The van der Waals surface area contributed by atoms with E-state index in [-0.39, 0.29) is 0 Å². The number of anilines is 1. The predicted molar refractivity (Wildman–Crippen MR) is 103 cm³/mol. The average Bonchev–Trinajstić information content (AvgIpc) is 2.68. The van der Waals surface area contributed by atoms with Gasteiger partial charge in [0.05, 0.1) is 11.4 Å². The summed E-state index contributed by atoms with van der Waals surface area (Å²) in [5.41, 5.74) is 9.27. The van der Waals surface area contributed by atoms with Crippen LogP contribution in [0.5, 0.6) is 17.2 Å². The van der Waals surface area contributed by atoms with E-state index in [0.717, 1.165) is 34.8 Å². The lowest BCUT2D eigenvalue weighted by atomic mass is 10.0. The molecule has 0 bridgehead atoms. The molecule has 1 amide bonds. The summed E-state index contributed by atoms with van der Waals surface area (Å²) in [4.78, 5) is 15.8. The molecular formula is C21H19N3O3. The Balaban J connectivity index is 1.59. The fourth-order valence-corrected chi connectivity index (χ4v) is 3.05. The Bertz CT molecular complexity index is 1020. The Morgan fingerprint density at radius 2 is 2.00 bits per heavy atom. The molecule has 0 atom stereocenters. The van der Waals surface area contributed by atoms with Crippen molar-refractivity contribution in [1.29, 1.82) is 0 Å². The number of nitrogens with one attached hydrogen (secondary N) is 1. The second kappa shape index (κ2) is 6.99. The summed E-state index contributed by atoms with van der Waals surface area (Å²) >= 11 is 0. The van der Waals surface area contributed by atoms with Crippen LogP contribution in [0.15, 0.2) is 54.7 Å². The summed E-state index contributed by atoms with van der Waals surface area (Å²) in [5, 5.41) is 3.29. The van der Waals surface area contributed by atoms with Crippen molar-refractivity contribution in [1.82, 2.24) is 4.98 Å². The van der Waals surface area contributed by atoms with Crippen LogP contribution in [0.25, 0.3) is 11.3 Å². The van der Waals surface area contributed by atoms with E-state index in [2.05, 4.69) is 10.3 Å². The normalized spacial score (nSPS) is 12.5. The molecule has 0 fully saturated rings. The minimum atomic E-state index is -0.436. The third-order valence-corrected chi connectivity index (χ3v) is 4.38. The Labute approximate surface area is 156 Å². The van der Waals surface area contributed by atoms with Crippen molar-refractivity contribution in [3.8, 4) is 28.5 Å². The molecule has 2 aromatic carbocycles. The van der Waals surface area contributed by atoms with Crippen LogP contribution in [0.1, 0.15) is 15.9 Å². The smallest absolute Gasteiger partial charge is 0.248 e. The van der Waals surface area contributed by atoms with Gasteiger partial charge in [0.25, 0.3) is 0 Å². The Morgan fingerprint density at radius 1 is 1.15 bits per heavy atom. The van der Waals surface area contributed by atoms with Crippen LogP contribution in [-0.4, -0.2) is 24.0 Å². The summed E-state index contributed by atoms with van der Waals surface area (Å²) in [6.45, 7) is 3.29. The number of aryl methyl sites for hydroxylation is 1. The molecule has 136 valence electrons. The number of aromatic nitrogens is 1. The van der Waals surface area contributed by atoms with Crippen molar-refractivity contribution in [2.45, 2.75) is 6.92 Å². The maximum Gasteiger partial charge on any atom is 0.248 e. The van der Waals surface area contributed by atoms with E-state index in [1.807, 2.05) is 43.3 Å². The largest absolute Gasteiger partial charge is 0.490 e. The second-order valence-corrected chi connectivity index (χ2v) is 6.31. The molecular weight excluding hydrogens is 342 g/mol. The van der Waals surface area contributed by atoms with Crippen LogP contribution in [0.4, 0.5) is 5.69 Å². The monoisotopic (exact) mass is 361 g/mol. The lowest BCUT2D eigenvalue weighted by Crippen LogP contribution is -2.17. The SMILES string of the molecule is Cc1cc(-c2cc(Oc3ccc4c(c3)NCCO4)ccn2)ccc1C(N)=O. The van der Waals surface area contributed by atoms with Gasteiger partial charge in [-0.2, -0.15) is 0 Å². The van der Waals surface area contributed by atoms with Gasteiger partial charge in [0, 0.05) is 36.0 Å². The lowest BCUT2D eigenvalue weighted by molar-refractivity contribution is 0.0999. The fourth-order valence-electron chi connectivity index (χ4n) is 3.05. The summed E-state index contributed by atoms with van der Waals surface area (Å²) in [7, 11) is 0. The number of primary amides is 1. The van der Waals surface area contributed by atoms with Gasteiger partial charge >= 0.3 is 0 Å². The van der Waals surface area contributed by atoms with Crippen LogP contribution < -0.4 is 20.5 Å². The number of ether oxygens (including phenoxy) is 2. The van der Waals surface area contributed by atoms with Gasteiger partial charge < -0.3 is 20.5 Å². The van der Waals surface area contributed by atoms with Gasteiger partial charge in [-0.3, -0.25) is 9.78 Å². The first kappa shape index (κ1) is 16.9. The highest BCUT2D eigenvalue weighted by molar-refractivity contribution is 5.94. The summed E-state index contributed by atoms with van der Waals surface area (Å²) in [6.07, 6.45) is 1.70. The van der Waals surface area contributed by atoms with Crippen molar-refractivity contribution >= 4 is 11.6 Å². The van der Waals surface area contributed by atoms with E-state index in [0.29, 0.717) is 23.7 Å². The maximum atomic E-state index is 11.4. The number of pyridine rings is 1.